The number of hydrogen-bond acceptors (Lipinski definition) is 4. The van der Waals surface area contributed by atoms with Crippen molar-refractivity contribution in [2.24, 2.45) is 0 Å². The van der Waals surface area contributed by atoms with Crippen molar-refractivity contribution < 1.29 is 40.5 Å². The van der Waals surface area contributed by atoms with Gasteiger partial charge in [-0.25, -0.2) is 0 Å². The Morgan fingerprint density at radius 3 is 2.91 bits per heavy atom. The average molecular weight is 369 g/mol. The van der Waals surface area contributed by atoms with Crippen molar-refractivity contribution in [3.05, 3.63) is 51.5 Å². The minimum Gasteiger partial charge on any atom is -1.00 e. The Morgan fingerprint density at radius 2 is 2.18 bits per heavy atom. The van der Waals surface area contributed by atoms with Crippen molar-refractivity contribution in [3.63, 3.8) is 0 Å². The van der Waals surface area contributed by atoms with Gasteiger partial charge in [0.15, 0.2) is 0 Å². The van der Waals surface area contributed by atoms with Gasteiger partial charge in [0.2, 0.25) is 11.8 Å². The van der Waals surface area contributed by atoms with Gasteiger partial charge in [0, 0.05) is 10.5 Å². The molecule has 0 amide bonds. The Kier molecular flexibility index (Phi) is 5.87. The zero-order valence-electron chi connectivity index (χ0n) is 13.5. The summed E-state index contributed by atoms with van der Waals surface area (Å²) in [6, 6.07) is 11.6. The second kappa shape index (κ2) is 7.47. The summed E-state index contributed by atoms with van der Waals surface area (Å²) in [5.41, 5.74) is 2.89. The number of nitriles is 1. The van der Waals surface area contributed by atoms with E-state index in [0.29, 0.717) is 17.3 Å². The minimum absolute atomic E-state index is 0. The fourth-order valence-corrected chi connectivity index (χ4v) is 3.15. The summed E-state index contributed by atoms with van der Waals surface area (Å²) in [4.78, 5) is 4.24. The zero-order valence-corrected chi connectivity index (χ0v) is 16.1. The van der Waals surface area contributed by atoms with E-state index in [1.54, 1.807) is 12.1 Å². The van der Waals surface area contributed by atoms with Crippen molar-refractivity contribution in [2.75, 3.05) is 7.11 Å². The van der Waals surface area contributed by atoms with Crippen molar-refractivity contribution in [1.82, 2.24) is 4.98 Å². The second-order valence-electron chi connectivity index (χ2n) is 4.77. The fraction of sp³-hybridized carbons (Fsp3) is 0.250. The van der Waals surface area contributed by atoms with E-state index in [-0.39, 0.29) is 37.1 Å². The van der Waals surface area contributed by atoms with Crippen LogP contribution in [-0.2, 0) is 6.42 Å². The smallest absolute Gasteiger partial charge is 1.00 e. The van der Waals surface area contributed by atoms with Gasteiger partial charge in [-0.3, -0.25) is 0 Å². The Bertz CT molecular complexity index is 737. The summed E-state index contributed by atoms with van der Waals surface area (Å²) in [7, 11) is 1.49. The molecule has 0 unspecified atom stereocenters. The maximum Gasteiger partial charge on any atom is 1.00 e. The molecule has 6 heteroatoms. The van der Waals surface area contributed by atoms with Crippen LogP contribution in [0.1, 0.15) is 30.6 Å². The molecule has 0 fully saturated rings. The van der Waals surface area contributed by atoms with Crippen LogP contribution >= 0.6 is 15.9 Å². The van der Waals surface area contributed by atoms with E-state index in [2.05, 4.69) is 27.0 Å². The maximum absolute atomic E-state index is 8.97. The average Bonchev–Trinajstić information content (AvgIpc) is 2.92. The van der Waals surface area contributed by atoms with Gasteiger partial charge in [-0.2, -0.15) is 10.2 Å². The number of nitrogens with zero attached hydrogens (tertiary/aromatic N) is 2. The molecule has 108 valence electrons. The van der Waals surface area contributed by atoms with E-state index < -0.39 is 0 Å². The van der Waals surface area contributed by atoms with Crippen molar-refractivity contribution in [1.29, 1.82) is 5.26 Å². The number of halogens is 1. The molecule has 1 aromatic heterocycles. The summed E-state index contributed by atoms with van der Waals surface area (Å²) in [5, 5.41) is 8.97. The van der Waals surface area contributed by atoms with E-state index in [4.69, 9.17) is 14.7 Å². The number of methoxy groups -OCH3 is 1. The molecule has 0 saturated heterocycles. The summed E-state index contributed by atoms with van der Waals surface area (Å²) >= 11 is 3.57. The first-order valence-corrected chi connectivity index (χ1v) is 7.41. The number of hydrogen-bond donors (Lipinski definition) is 0. The summed E-state index contributed by atoms with van der Waals surface area (Å²) in [5.74, 6) is 0.770. The molecule has 2 aromatic rings. The van der Waals surface area contributed by atoms with Gasteiger partial charge in [-0.05, 0) is 36.1 Å². The van der Waals surface area contributed by atoms with Gasteiger partial charge in [0.25, 0.3) is 0 Å². The van der Waals surface area contributed by atoms with Gasteiger partial charge in [0.1, 0.15) is 17.7 Å². The third-order valence-electron chi connectivity index (χ3n) is 3.57. The van der Waals surface area contributed by atoms with Gasteiger partial charge in [-0.1, -0.05) is 28.1 Å². The normalized spacial score (nSPS) is 15.4. The molecule has 22 heavy (non-hydrogen) atoms. The third kappa shape index (κ3) is 3.31. The van der Waals surface area contributed by atoms with Gasteiger partial charge in [0.05, 0.1) is 7.11 Å². The predicted molar refractivity (Wildman–Crippen MR) is 82.4 cm³/mol. The molecule has 1 aliphatic carbocycles. The molecule has 0 saturated carbocycles. The molecular weight excluding hydrogens is 355 g/mol. The van der Waals surface area contributed by atoms with Crippen LogP contribution in [0.3, 0.4) is 0 Å². The van der Waals surface area contributed by atoms with Crippen LogP contribution in [0.5, 0.6) is 11.8 Å². The summed E-state index contributed by atoms with van der Waals surface area (Å²) in [6.45, 7) is 0. The topological polar surface area (TPSA) is 55.1 Å². The first kappa shape index (κ1) is 17.3. The number of pyridine rings is 1. The molecule has 0 N–H and O–H groups in total. The molecule has 1 aromatic carbocycles. The molecule has 3 rings (SSSR count). The SMILES string of the molecule is COc1nc(O[C@H]2CCc3c(Br)cccc32)ccc1C#N.[H-].[Na+]. The number of fused-ring (bicyclic) bond motifs is 1. The van der Waals surface area contributed by atoms with E-state index in [1.807, 2.05) is 18.2 Å². The number of benzene rings is 1. The van der Waals surface area contributed by atoms with Crippen LogP contribution in [0.15, 0.2) is 34.8 Å². The molecule has 1 atom stereocenters. The molecular formula is C16H14BrN2NaO2. The van der Waals surface area contributed by atoms with Crippen LogP contribution in [0, 0.1) is 11.3 Å². The Hall–Kier alpha value is -1.06. The maximum atomic E-state index is 8.97. The zero-order chi connectivity index (χ0) is 14.8. The molecule has 1 aliphatic rings. The molecule has 0 aliphatic heterocycles. The Labute approximate surface area is 161 Å². The van der Waals surface area contributed by atoms with Gasteiger partial charge < -0.3 is 10.9 Å². The molecule has 0 spiro atoms. The molecule has 4 nitrogen and oxygen atoms in total. The first-order valence-electron chi connectivity index (χ1n) is 6.62. The number of aromatic nitrogens is 1. The largest absolute Gasteiger partial charge is 1.00 e. The third-order valence-corrected chi connectivity index (χ3v) is 4.31. The van der Waals surface area contributed by atoms with Gasteiger partial charge in [-0.15, -0.1) is 0 Å². The van der Waals surface area contributed by atoms with Crippen LogP contribution < -0.4 is 39.0 Å². The molecule has 1 heterocycles. The van der Waals surface area contributed by atoms with Crippen LogP contribution in [-0.4, -0.2) is 12.1 Å². The fourth-order valence-electron chi connectivity index (χ4n) is 2.57. The van der Waals surface area contributed by atoms with Crippen molar-refractivity contribution in [2.45, 2.75) is 18.9 Å². The van der Waals surface area contributed by atoms with E-state index in [9.17, 15) is 0 Å². The monoisotopic (exact) mass is 368 g/mol. The van der Waals surface area contributed by atoms with Gasteiger partial charge >= 0.3 is 29.6 Å². The summed E-state index contributed by atoms with van der Waals surface area (Å²) in [6.07, 6.45) is 1.89. The Morgan fingerprint density at radius 1 is 1.36 bits per heavy atom. The van der Waals surface area contributed by atoms with E-state index >= 15 is 0 Å². The molecule has 0 bridgehead atoms. The Balaban J connectivity index is 0.00000132. The number of ether oxygens (including phenoxy) is 2. The van der Waals surface area contributed by atoms with E-state index in [1.165, 1.54) is 18.2 Å². The van der Waals surface area contributed by atoms with Crippen LogP contribution in [0.4, 0.5) is 0 Å². The first-order chi connectivity index (χ1) is 10.2. The minimum atomic E-state index is -0.0114. The van der Waals surface area contributed by atoms with Crippen LogP contribution in [0.25, 0.3) is 0 Å². The second-order valence-corrected chi connectivity index (χ2v) is 5.63. The predicted octanol–water partition coefficient (Wildman–Crippen LogP) is 0.907. The standard InChI is InChI=1S/C16H13BrN2O2.Na.H/c1-20-16-10(9-18)5-8-15(19-16)21-14-7-6-11-12(14)3-2-4-13(11)17;;/h2-5,8,14H,6-7H2,1H3;;/q;+1;-1/t14-;;/m0../s1. The van der Waals surface area contributed by atoms with Crippen molar-refractivity contribution >= 4 is 15.9 Å². The number of rotatable bonds is 3. The van der Waals surface area contributed by atoms with Crippen molar-refractivity contribution in [3.8, 4) is 17.8 Å². The van der Waals surface area contributed by atoms with Crippen LogP contribution in [0.2, 0.25) is 0 Å². The van der Waals surface area contributed by atoms with E-state index in [0.717, 1.165) is 17.3 Å². The summed E-state index contributed by atoms with van der Waals surface area (Å²) < 4.78 is 12.2. The molecule has 0 radical (unpaired) electrons. The quantitative estimate of drug-likeness (QED) is 0.755.